The van der Waals surface area contributed by atoms with E-state index in [4.69, 9.17) is 0 Å². The lowest BCUT2D eigenvalue weighted by molar-refractivity contribution is 0.0481. The molecular formula is C13H23N3O2S. The van der Waals surface area contributed by atoms with Gasteiger partial charge in [0, 0.05) is 11.9 Å². The van der Waals surface area contributed by atoms with Gasteiger partial charge in [-0.3, -0.25) is 5.32 Å². The zero-order valence-electron chi connectivity index (χ0n) is 12.0. The maximum Gasteiger partial charge on any atom is 0.321 e. The summed E-state index contributed by atoms with van der Waals surface area (Å²) in [6, 6.07) is -0.334. The van der Waals surface area contributed by atoms with Gasteiger partial charge in [-0.2, -0.15) is 0 Å². The van der Waals surface area contributed by atoms with Crippen LogP contribution in [0.15, 0.2) is 5.38 Å². The summed E-state index contributed by atoms with van der Waals surface area (Å²) in [7, 11) is 0. The molecule has 0 saturated carbocycles. The number of carbonyl (C=O) groups excluding carboxylic acids is 1. The SMILES string of the molecule is Cc1csc(NC(=O)NCC(C)(O)CCC(C)C)n1. The molecule has 6 heteroatoms. The Bertz CT molecular complexity index is 416. The minimum Gasteiger partial charge on any atom is -0.388 e. The van der Waals surface area contributed by atoms with E-state index in [1.165, 1.54) is 11.3 Å². The number of hydrogen-bond donors (Lipinski definition) is 3. The number of amides is 2. The number of aryl methyl sites for hydroxylation is 1. The van der Waals surface area contributed by atoms with Crippen molar-refractivity contribution in [3.63, 3.8) is 0 Å². The summed E-state index contributed by atoms with van der Waals surface area (Å²) < 4.78 is 0. The van der Waals surface area contributed by atoms with Gasteiger partial charge in [-0.05, 0) is 32.6 Å². The maximum absolute atomic E-state index is 11.6. The van der Waals surface area contributed by atoms with Gasteiger partial charge in [0.2, 0.25) is 0 Å². The van der Waals surface area contributed by atoms with E-state index in [-0.39, 0.29) is 12.6 Å². The van der Waals surface area contributed by atoms with Crippen molar-refractivity contribution in [1.82, 2.24) is 10.3 Å². The van der Waals surface area contributed by atoms with Crippen LogP contribution < -0.4 is 10.6 Å². The largest absolute Gasteiger partial charge is 0.388 e. The topological polar surface area (TPSA) is 74.2 Å². The molecule has 1 aromatic rings. The fourth-order valence-corrected chi connectivity index (χ4v) is 2.19. The summed E-state index contributed by atoms with van der Waals surface area (Å²) in [4.78, 5) is 15.8. The first-order valence-corrected chi connectivity index (χ1v) is 7.36. The van der Waals surface area contributed by atoms with Crippen LogP contribution in [0.3, 0.4) is 0 Å². The van der Waals surface area contributed by atoms with E-state index in [1.807, 2.05) is 12.3 Å². The fourth-order valence-electron chi connectivity index (χ4n) is 1.51. The normalized spacial score (nSPS) is 14.2. The average Bonchev–Trinajstić information content (AvgIpc) is 2.70. The molecule has 0 aliphatic heterocycles. The van der Waals surface area contributed by atoms with Crippen LogP contribution in [0.1, 0.15) is 39.3 Å². The molecule has 0 saturated heterocycles. The van der Waals surface area contributed by atoms with Gasteiger partial charge >= 0.3 is 6.03 Å². The Morgan fingerprint density at radius 3 is 2.79 bits per heavy atom. The third kappa shape index (κ3) is 6.54. The van der Waals surface area contributed by atoms with Crippen LogP contribution in [0.2, 0.25) is 0 Å². The molecule has 0 fully saturated rings. The Morgan fingerprint density at radius 2 is 2.26 bits per heavy atom. The van der Waals surface area contributed by atoms with Crippen molar-refractivity contribution < 1.29 is 9.90 Å². The first-order valence-electron chi connectivity index (χ1n) is 6.48. The molecule has 0 spiro atoms. The zero-order valence-corrected chi connectivity index (χ0v) is 12.8. The number of urea groups is 1. The van der Waals surface area contributed by atoms with E-state index in [9.17, 15) is 9.90 Å². The quantitative estimate of drug-likeness (QED) is 0.752. The number of carbonyl (C=O) groups is 1. The van der Waals surface area contributed by atoms with Gasteiger partial charge in [-0.1, -0.05) is 13.8 Å². The van der Waals surface area contributed by atoms with Crippen LogP contribution in [0.25, 0.3) is 0 Å². The van der Waals surface area contributed by atoms with Gasteiger partial charge in [-0.25, -0.2) is 9.78 Å². The van der Waals surface area contributed by atoms with Crippen LogP contribution >= 0.6 is 11.3 Å². The average molecular weight is 285 g/mol. The minimum atomic E-state index is -0.875. The van der Waals surface area contributed by atoms with Gasteiger partial charge in [0.05, 0.1) is 11.3 Å². The zero-order chi connectivity index (χ0) is 14.5. The third-order valence-electron chi connectivity index (χ3n) is 2.73. The van der Waals surface area contributed by atoms with Gasteiger partial charge in [0.15, 0.2) is 5.13 Å². The van der Waals surface area contributed by atoms with E-state index in [1.54, 1.807) is 6.92 Å². The highest BCUT2D eigenvalue weighted by atomic mass is 32.1. The monoisotopic (exact) mass is 285 g/mol. The minimum absolute atomic E-state index is 0.232. The van der Waals surface area contributed by atoms with Crippen molar-refractivity contribution in [2.24, 2.45) is 5.92 Å². The second kappa shape index (κ2) is 6.86. The Hall–Kier alpha value is -1.14. The first-order chi connectivity index (χ1) is 8.78. The van der Waals surface area contributed by atoms with Crippen LogP contribution in [0.5, 0.6) is 0 Å². The van der Waals surface area contributed by atoms with Crippen molar-refractivity contribution in [2.75, 3.05) is 11.9 Å². The highest BCUT2D eigenvalue weighted by Gasteiger charge is 2.21. The Kier molecular flexibility index (Phi) is 5.75. The standard InChI is InChI=1S/C13H23N3O2S/c1-9(2)5-6-13(4,18)8-14-11(17)16-12-15-10(3)7-19-12/h7,9,18H,5-6,8H2,1-4H3,(H2,14,15,16,17). The summed E-state index contributed by atoms with van der Waals surface area (Å²) in [5.41, 5.74) is 0.00432. The Labute approximate surface area is 118 Å². The molecule has 108 valence electrons. The lowest BCUT2D eigenvalue weighted by atomic mass is 9.95. The van der Waals surface area contributed by atoms with Crippen molar-refractivity contribution in [1.29, 1.82) is 0 Å². The molecule has 1 rings (SSSR count). The van der Waals surface area contributed by atoms with Crippen LogP contribution in [-0.4, -0.2) is 28.3 Å². The lowest BCUT2D eigenvalue weighted by Gasteiger charge is -2.24. The van der Waals surface area contributed by atoms with E-state index in [2.05, 4.69) is 29.5 Å². The highest BCUT2D eigenvalue weighted by molar-refractivity contribution is 7.13. The van der Waals surface area contributed by atoms with E-state index in [0.717, 1.165) is 12.1 Å². The molecule has 0 radical (unpaired) electrons. The number of aromatic nitrogens is 1. The molecule has 2 amide bonds. The number of aliphatic hydroxyl groups is 1. The summed E-state index contributed by atoms with van der Waals surface area (Å²) in [6.07, 6.45) is 1.60. The predicted octanol–water partition coefficient (Wildman–Crippen LogP) is 2.76. The number of thiazole rings is 1. The van der Waals surface area contributed by atoms with Crippen LogP contribution in [0.4, 0.5) is 9.93 Å². The molecule has 5 nitrogen and oxygen atoms in total. The van der Waals surface area contributed by atoms with Gasteiger partial charge < -0.3 is 10.4 Å². The number of nitrogens with zero attached hydrogens (tertiary/aromatic N) is 1. The van der Waals surface area contributed by atoms with Crippen molar-refractivity contribution in [2.45, 2.75) is 46.1 Å². The molecule has 1 aromatic heterocycles. The fraction of sp³-hybridized carbons (Fsp3) is 0.692. The van der Waals surface area contributed by atoms with E-state index < -0.39 is 5.60 Å². The summed E-state index contributed by atoms with van der Waals surface area (Å²) >= 11 is 1.38. The maximum atomic E-state index is 11.6. The van der Waals surface area contributed by atoms with E-state index >= 15 is 0 Å². The molecular weight excluding hydrogens is 262 g/mol. The molecule has 1 heterocycles. The molecule has 1 atom stereocenters. The number of rotatable bonds is 6. The number of anilines is 1. The molecule has 1 unspecified atom stereocenters. The highest BCUT2D eigenvalue weighted by Crippen LogP contribution is 2.16. The molecule has 0 aromatic carbocycles. The number of nitrogens with one attached hydrogen (secondary N) is 2. The van der Waals surface area contributed by atoms with Crippen LogP contribution in [-0.2, 0) is 0 Å². The van der Waals surface area contributed by atoms with Gasteiger partial charge in [0.25, 0.3) is 0 Å². The summed E-state index contributed by atoms with van der Waals surface area (Å²) in [5.74, 6) is 0.540. The van der Waals surface area contributed by atoms with Crippen molar-refractivity contribution in [3.05, 3.63) is 11.1 Å². The second-order valence-corrected chi connectivity index (χ2v) is 6.39. The van der Waals surface area contributed by atoms with Gasteiger partial charge in [-0.15, -0.1) is 11.3 Å². The molecule has 0 aliphatic rings. The molecule has 0 aliphatic carbocycles. The molecule has 3 N–H and O–H groups in total. The Morgan fingerprint density at radius 1 is 1.58 bits per heavy atom. The smallest absolute Gasteiger partial charge is 0.321 e. The molecule has 0 bridgehead atoms. The summed E-state index contributed by atoms with van der Waals surface area (Å²) in [6.45, 7) is 8.07. The van der Waals surface area contributed by atoms with Crippen molar-refractivity contribution >= 4 is 22.5 Å². The second-order valence-electron chi connectivity index (χ2n) is 5.53. The lowest BCUT2D eigenvalue weighted by Crippen LogP contribution is -2.42. The third-order valence-corrected chi connectivity index (χ3v) is 3.61. The Balaban J connectivity index is 2.32. The van der Waals surface area contributed by atoms with E-state index in [0.29, 0.717) is 17.5 Å². The van der Waals surface area contributed by atoms with Crippen LogP contribution in [0, 0.1) is 12.8 Å². The first kappa shape index (κ1) is 15.9. The predicted molar refractivity (Wildman–Crippen MR) is 78.6 cm³/mol. The van der Waals surface area contributed by atoms with Crippen molar-refractivity contribution in [3.8, 4) is 0 Å². The van der Waals surface area contributed by atoms with Gasteiger partial charge in [0.1, 0.15) is 0 Å². The molecule has 19 heavy (non-hydrogen) atoms. The number of hydrogen-bond acceptors (Lipinski definition) is 4. The summed E-state index contributed by atoms with van der Waals surface area (Å²) in [5, 5.41) is 17.9.